The summed E-state index contributed by atoms with van der Waals surface area (Å²) in [6.45, 7) is 2.94. The Balaban J connectivity index is 1.97. The van der Waals surface area contributed by atoms with E-state index in [-0.39, 0.29) is 12.0 Å². The summed E-state index contributed by atoms with van der Waals surface area (Å²) in [4.78, 5) is 11.3. The molecule has 17 heavy (non-hydrogen) atoms. The van der Waals surface area contributed by atoms with Gasteiger partial charge in [0.05, 0.1) is 12.0 Å². The summed E-state index contributed by atoms with van der Waals surface area (Å²) < 4.78 is 5.57. The average molecular weight is 258 g/mol. The predicted molar refractivity (Wildman–Crippen MR) is 69.4 cm³/mol. The van der Waals surface area contributed by atoms with E-state index in [1.54, 1.807) is 0 Å². The molecule has 1 heterocycles. The molecule has 1 aliphatic carbocycles. The summed E-state index contributed by atoms with van der Waals surface area (Å²) in [5, 5.41) is 10.1. The van der Waals surface area contributed by atoms with Crippen molar-refractivity contribution in [3.05, 3.63) is 0 Å². The van der Waals surface area contributed by atoms with Gasteiger partial charge in [-0.05, 0) is 26.2 Å². The molecule has 0 aromatic carbocycles. The molecule has 0 aromatic rings. The van der Waals surface area contributed by atoms with Gasteiger partial charge in [0.2, 0.25) is 0 Å². The third-order valence-corrected chi connectivity index (χ3v) is 5.81. The van der Waals surface area contributed by atoms with E-state index in [0.717, 1.165) is 32.3 Å². The standard InChI is InChI=1S/C13H22O3S/c1-9-11(7-8-16-9)17-12-6-4-2-3-5-10(12)13(14)15/h9-12H,2-8H2,1H3,(H,14,15). The summed E-state index contributed by atoms with van der Waals surface area (Å²) >= 11 is 1.88. The molecule has 0 spiro atoms. The van der Waals surface area contributed by atoms with Gasteiger partial charge in [0, 0.05) is 17.1 Å². The summed E-state index contributed by atoms with van der Waals surface area (Å²) in [7, 11) is 0. The molecular weight excluding hydrogens is 236 g/mol. The lowest BCUT2D eigenvalue weighted by molar-refractivity contribution is -0.141. The van der Waals surface area contributed by atoms with Crippen molar-refractivity contribution in [1.82, 2.24) is 0 Å². The van der Waals surface area contributed by atoms with E-state index >= 15 is 0 Å². The first kappa shape index (κ1) is 13.2. The van der Waals surface area contributed by atoms with E-state index in [2.05, 4.69) is 6.92 Å². The maximum atomic E-state index is 11.3. The zero-order valence-corrected chi connectivity index (χ0v) is 11.2. The predicted octanol–water partition coefficient (Wildman–Crippen LogP) is 2.93. The molecule has 0 aromatic heterocycles. The van der Waals surface area contributed by atoms with Crippen LogP contribution in [-0.4, -0.2) is 34.3 Å². The van der Waals surface area contributed by atoms with Crippen LogP contribution in [0.3, 0.4) is 0 Å². The number of rotatable bonds is 3. The number of hydrogen-bond donors (Lipinski definition) is 1. The quantitative estimate of drug-likeness (QED) is 0.791. The maximum Gasteiger partial charge on any atom is 0.307 e. The van der Waals surface area contributed by atoms with E-state index in [1.807, 2.05) is 11.8 Å². The van der Waals surface area contributed by atoms with Crippen LogP contribution in [0.2, 0.25) is 0 Å². The summed E-state index contributed by atoms with van der Waals surface area (Å²) in [6, 6.07) is 0. The highest BCUT2D eigenvalue weighted by molar-refractivity contribution is 8.00. The van der Waals surface area contributed by atoms with Crippen LogP contribution in [0, 0.1) is 5.92 Å². The fourth-order valence-electron chi connectivity index (χ4n) is 2.83. The summed E-state index contributed by atoms with van der Waals surface area (Å²) in [5.74, 6) is -0.744. The smallest absolute Gasteiger partial charge is 0.307 e. The molecule has 4 unspecified atom stereocenters. The Kier molecular flexibility index (Phi) is 4.74. The van der Waals surface area contributed by atoms with Crippen LogP contribution in [0.15, 0.2) is 0 Å². The number of carboxylic acids is 1. The van der Waals surface area contributed by atoms with E-state index < -0.39 is 5.97 Å². The van der Waals surface area contributed by atoms with Gasteiger partial charge in [-0.15, -0.1) is 0 Å². The zero-order valence-electron chi connectivity index (χ0n) is 10.4. The van der Waals surface area contributed by atoms with E-state index in [9.17, 15) is 9.90 Å². The Morgan fingerprint density at radius 2 is 1.94 bits per heavy atom. The first-order chi connectivity index (χ1) is 8.18. The van der Waals surface area contributed by atoms with Gasteiger partial charge >= 0.3 is 5.97 Å². The van der Waals surface area contributed by atoms with Crippen molar-refractivity contribution in [2.75, 3.05) is 6.61 Å². The van der Waals surface area contributed by atoms with Crippen LogP contribution in [-0.2, 0) is 9.53 Å². The van der Waals surface area contributed by atoms with Crippen molar-refractivity contribution < 1.29 is 14.6 Å². The van der Waals surface area contributed by atoms with Crippen LogP contribution in [0.25, 0.3) is 0 Å². The van der Waals surface area contributed by atoms with E-state index in [1.165, 1.54) is 12.8 Å². The lowest BCUT2D eigenvalue weighted by Gasteiger charge is -2.25. The molecule has 4 heteroatoms. The lowest BCUT2D eigenvalue weighted by Crippen LogP contribution is -2.28. The third kappa shape index (κ3) is 3.38. The van der Waals surface area contributed by atoms with Crippen molar-refractivity contribution >= 4 is 17.7 Å². The molecule has 0 radical (unpaired) electrons. The van der Waals surface area contributed by atoms with Gasteiger partial charge in [-0.2, -0.15) is 11.8 Å². The maximum absolute atomic E-state index is 11.3. The molecule has 0 bridgehead atoms. The number of carbonyl (C=O) groups is 1. The number of carboxylic acid groups (broad SMARTS) is 1. The normalized spacial score (nSPS) is 38.9. The minimum atomic E-state index is -0.601. The minimum absolute atomic E-state index is 0.143. The SMILES string of the molecule is CC1OCCC1SC1CCCCCC1C(=O)O. The molecule has 2 fully saturated rings. The second kappa shape index (κ2) is 6.10. The summed E-state index contributed by atoms with van der Waals surface area (Å²) in [5.41, 5.74) is 0. The average Bonchev–Trinajstić information content (AvgIpc) is 2.55. The Morgan fingerprint density at radius 1 is 1.18 bits per heavy atom. The molecule has 98 valence electrons. The van der Waals surface area contributed by atoms with Crippen LogP contribution in [0.5, 0.6) is 0 Å². The van der Waals surface area contributed by atoms with Crippen molar-refractivity contribution in [1.29, 1.82) is 0 Å². The zero-order chi connectivity index (χ0) is 12.3. The monoisotopic (exact) mass is 258 g/mol. The van der Waals surface area contributed by atoms with Crippen molar-refractivity contribution in [2.24, 2.45) is 5.92 Å². The van der Waals surface area contributed by atoms with Crippen LogP contribution in [0.4, 0.5) is 0 Å². The Bertz CT molecular complexity index is 269. The number of thioether (sulfide) groups is 1. The van der Waals surface area contributed by atoms with Crippen LogP contribution >= 0.6 is 11.8 Å². The number of hydrogen-bond acceptors (Lipinski definition) is 3. The number of ether oxygens (including phenoxy) is 1. The molecule has 1 aliphatic heterocycles. The van der Waals surface area contributed by atoms with Crippen molar-refractivity contribution in [2.45, 2.75) is 62.1 Å². The first-order valence-corrected chi connectivity index (χ1v) is 7.62. The van der Waals surface area contributed by atoms with E-state index in [0.29, 0.717) is 10.5 Å². The van der Waals surface area contributed by atoms with Gasteiger partial charge in [-0.25, -0.2) is 0 Å². The molecule has 4 atom stereocenters. The molecule has 1 saturated carbocycles. The number of aliphatic carboxylic acids is 1. The Morgan fingerprint density at radius 3 is 2.59 bits per heavy atom. The van der Waals surface area contributed by atoms with Gasteiger partial charge < -0.3 is 9.84 Å². The van der Waals surface area contributed by atoms with Gasteiger partial charge in [0.25, 0.3) is 0 Å². The van der Waals surface area contributed by atoms with Gasteiger partial charge in [-0.3, -0.25) is 4.79 Å². The van der Waals surface area contributed by atoms with E-state index in [4.69, 9.17) is 4.74 Å². The summed E-state index contributed by atoms with van der Waals surface area (Å²) in [6.07, 6.45) is 6.73. The molecule has 2 rings (SSSR count). The van der Waals surface area contributed by atoms with Gasteiger partial charge in [0.1, 0.15) is 0 Å². The highest BCUT2D eigenvalue weighted by atomic mass is 32.2. The molecule has 2 aliphatic rings. The largest absolute Gasteiger partial charge is 0.481 e. The van der Waals surface area contributed by atoms with Crippen LogP contribution < -0.4 is 0 Å². The third-order valence-electron chi connectivity index (χ3n) is 3.93. The highest BCUT2D eigenvalue weighted by Gasteiger charge is 2.34. The second-order valence-electron chi connectivity index (χ2n) is 5.16. The highest BCUT2D eigenvalue weighted by Crippen LogP contribution is 2.38. The molecular formula is C13H22O3S. The first-order valence-electron chi connectivity index (χ1n) is 6.68. The van der Waals surface area contributed by atoms with Crippen LogP contribution in [0.1, 0.15) is 45.4 Å². The fourth-order valence-corrected chi connectivity index (χ4v) is 4.56. The second-order valence-corrected chi connectivity index (χ2v) is 6.64. The molecule has 3 nitrogen and oxygen atoms in total. The van der Waals surface area contributed by atoms with Crippen molar-refractivity contribution in [3.8, 4) is 0 Å². The fraction of sp³-hybridized carbons (Fsp3) is 0.923. The Labute approximate surface area is 107 Å². The topological polar surface area (TPSA) is 46.5 Å². The molecule has 0 amide bonds. The molecule has 1 saturated heterocycles. The van der Waals surface area contributed by atoms with Gasteiger partial charge in [-0.1, -0.05) is 19.3 Å². The van der Waals surface area contributed by atoms with Gasteiger partial charge in [0.15, 0.2) is 0 Å². The van der Waals surface area contributed by atoms with Crippen molar-refractivity contribution in [3.63, 3.8) is 0 Å². The Hall–Kier alpha value is -0.220. The minimum Gasteiger partial charge on any atom is -0.481 e. The lowest BCUT2D eigenvalue weighted by atomic mass is 10.0. The molecule has 1 N–H and O–H groups in total.